The van der Waals surface area contributed by atoms with Crippen LogP contribution in [-0.2, 0) is 14.8 Å². The van der Waals surface area contributed by atoms with Crippen LogP contribution >= 0.6 is 11.6 Å². The number of carbonyl (C=O) groups is 1. The fourth-order valence-electron chi connectivity index (χ4n) is 2.37. The summed E-state index contributed by atoms with van der Waals surface area (Å²) in [5, 5.41) is 2.71. The number of halogens is 1. The molecular weight excluding hydrogens is 424 g/mol. The first-order valence-corrected chi connectivity index (χ1v) is 10.2. The summed E-state index contributed by atoms with van der Waals surface area (Å²) in [5.74, 6) is 0.741. The Morgan fingerprint density at radius 2 is 1.62 bits per heavy atom. The molecule has 2 aromatic rings. The van der Waals surface area contributed by atoms with Crippen LogP contribution in [0.25, 0.3) is 0 Å². The second-order valence-corrected chi connectivity index (χ2v) is 7.59. The Morgan fingerprint density at radius 3 is 2.21 bits per heavy atom. The number of amides is 1. The van der Waals surface area contributed by atoms with Crippen molar-refractivity contribution in [2.24, 2.45) is 0 Å². The molecule has 0 aliphatic carbocycles. The Kier molecular flexibility index (Phi) is 7.40. The molecule has 2 N–H and O–H groups in total. The Balaban J connectivity index is 2.42. The van der Waals surface area contributed by atoms with Gasteiger partial charge in [-0.3, -0.25) is 10.0 Å². The molecule has 0 saturated heterocycles. The lowest BCUT2D eigenvalue weighted by Gasteiger charge is -2.16. The van der Waals surface area contributed by atoms with Gasteiger partial charge in [-0.15, -0.1) is 0 Å². The van der Waals surface area contributed by atoms with Gasteiger partial charge >= 0.3 is 6.09 Å². The first kappa shape index (κ1) is 22.4. The van der Waals surface area contributed by atoms with Gasteiger partial charge in [0.25, 0.3) is 10.0 Å². The average Bonchev–Trinajstić information content (AvgIpc) is 2.68. The fraction of sp³-hybridized carbons (Fsp3) is 0.278. The van der Waals surface area contributed by atoms with E-state index in [1.165, 1.54) is 51.7 Å². The SMILES string of the molecule is CCOC(=O)Nc1cc(S(=O)(=O)Nc2cc(OC)c(Cl)cc2OC)ccc1OC. The molecule has 0 radical (unpaired) electrons. The highest BCUT2D eigenvalue weighted by atomic mass is 35.5. The maximum atomic E-state index is 12.9. The molecule has 0 aromatic heterocycles. The number of sulfonamides is 1. The Bertz CT molecular complexity index is 996. The summed E-state index contributed by atoms with van der Waals surface area (Å²) in [5.41, 5.74) is 0.263. The van der Waals surface area contributed by atoms with Crippen molar-refractivity contribution in [1.29, 1.82) is 0 Å². The molecule has 9 nitrogen and oxygen atoms in total. The molecule has 158 valence electrons. The third-order valence-electron chi connectivity index (χ3n) is 3.71. The van der Waals surface area contributed by atoms with Crippen LogP contribution in [0.1, 0.15) is 6.92 Å². The molecule has 0 saturated carbocycles. The zero-order valence-corrected chi connectivity index (χ0v) is 17.8. The minimum absolute atomic E-state index is 0.124. The summed E-state index contributed by atoms with van der Waals surface area (Å²) in [7, 11) is 0.121. The van der Waals surface area contributed by atoms with E-state index in [1.54, 1.807) is 6.92 Å². The highest BCUT2D eigenvalue weighted by molar-refractivity contribution is 7.92. The van der Waals surface area contributed by atoms with E-state index in [-0.39, 0.29) is 45.1 Å². The highest BCUT2D eigenvalue weighted by Crippen LogP contribution is 2.37. The van der Waals surface area contributed by atoms with Gasteiger partial charge in [0, 0.05) is 12.1 Å². The maximum absolute atomic E-state index is 12.9. The van der Waals surface area contributed by atoms with Gasteiger partial charge in [-0.1, -0.05) is 11.6 Å². The van der Waals surface area contributed by atoms with Gasteiger partial charge in [0.1, 0.15) is 17.2 Å². The lowest BCUT2D eigenvalue weighted by atomic mass is 10.3. The average molecular weight is 445 g/mol. The number of hydrogen-bond donors (Lipinski definition) is 2. The molecule has 0 heterocycles. The van der Waals surface area contributed by atoms with Gasteiger partial charge in [-0.05, 0) is 25.1 Å². The van der Waals surface area contributed by atoms with Crippen LogP contribution in [0.3, 0.4) is 0 Å². The monoisotopic (exact) mass is 444 g/mol. The molecule has 0 atom stereocenters. The summed E-state index contributed by atoms with van der Waals surface area (Å²) in [4.78, 5) is 11.6. The van der Waals surface area contributed by atoms with Crippen molar-refractivity contribution in [1.82, 2.24) is 0 Å². The number of carbonyl (C=O) groups excluding carboxylic acids is 1. The molecule has 2 aromatic carbocycles. The molecule has 29 heavy (non-hydrogen) atoms. The van der Waals surface area contributed by atoms with E-state index in [1.807, 2.05) is 0 Å². The standard InChI is InChI=1S/C18H21ClN2O7S/c1-5-28-18(22)20-13-8-11(6-7-15(13)25-2)29(23,24)21-14-10-16(26-3)12(19)9-17(14)27-4/h6-10,21H,5H2,1-4H3,(H,20,22). The number of benzene rings is 2. The molecule has 0 aliphatic heterocycles. The summed E-state index contributed by atoms with van der Waals surface area (Å²) < 4.78 is 48.5. The minimum atomic E-state index is -4.06. The van der Waals surface area contributed by atoms with Gasteiger partial charge in [-0.2, -0.15) is 0 Å². The number of hydrogen-bond acceptors (Lipinski definition) is 7. The quantitative estimate of drug-likeness (QED) is 0.637. The number of methoxy groups -OCH3 is 3. The molecule has 11 heteroatoms. The van der Waals surface area contributed by atoms with Crippen LogP contribution < -0.4 is 24.2 Å². The highest BCUT2D eigenvalue weighted by Gasteiger charge is 2.21. The predicted molar refractivity (Wildman–Crippen MR) is 109 cm³/mol. The number of rotatable bonds is 8. The topological polar surface area (TPSA) is 112 Å². The van der Waals surface area contributed by atoms with Crippen molar-refractivity contribution in [2.75, 3.05) is 38.0 Å². The Labute approximate surface area is 173 Å². The van der Waals surface area contributed by atoms with E-state index in [4.69, 9.17) is 30.5 Å². The van der Waals surface area contributed by atoms with Crippen LogP contribution in [0.2, 0.25) is 5.02 Å². The zero-order chi connectivity index (χ0) is 21.6. The first-order valence-electron chi connectivity index (χ1n) is 8.31. The van der Waals surface area contributed by atoms with Crippen LogP contribution in [0.5, 0.6) is 17.2 Å². The largest absolute Gasteiger partial charge is 0.495 e. The van der Waals surface area contributed by atoms with Crippen molar-refractivity contribution in [3.63, 3.8) is 0 Å². The van der Waals surface area contributed by atoms with Crippen molar-refractivity contribution < 1.29 is 32.2 Å². The fourth-order valence-corrected chi connectivity index (χ4v) is 3.69. The van der Waals surface area contributed by atoms with E-state index in [9.17, 15) is 13.2 Å². The van der Waals surface area contributed by atoms with Crippen LogP contribution in [0.15, 0.2) is 35.2 Å². The lowest BCUT2D eigenvalue weighted by molar-refractivity contribution is 0.168. The second kappa shape index (κ2) is 9.57. The summed E-state index contributed by atoms with van der Waals surface area (Å²) in [6, 6.07) is 6.82. The van der Waals surface area contributed by atoms with Crippen molar-refractivity contribution in [2.45, 2.75) is 11.8 Å². The van der Waals surface area contributed by atoms with Crippen molar-refractivity contribution in [3.8, 4) is 17.2 Å². The van der Waals surface area contributed by atoms with Crippen molar-refractivity contribution >= 4 is 39.1 Å². The normalized spacial score (nSPS) is 10.8. The van der Waals surface area contributed by atoms with Gasteiger partial charge in [0.2, 0.25) is 0 Å². The van der Waals surface area contributed by atoms with E-state index < -0.39 is 16.1 Å². The molecule has 0 bridgehead atoms. The lowest BCUT2D eigenvalue weighted by Crippen LogP contribution is -2.16. The molecular formula is C18H21ClN2O7S. The van der Waals surface area contributed by atoms with E-state index in [0.717, 1.165) is 0 Å². The molecule has 0 unspecified atom stereocenters. The summed E-state index contributed by atoms with van der Waals surface area (Å²) in [6.45, 7) is 1.81. The van der Waals surface area contributed by atoms with Gasteiger partial charge in [0.05, 0.1) is 49.2 Å². The third kappa shape index (κ3) is 5.36. The maximum Gasteiger partial charge on any atom is 0.411 e. The van der Waals surface area contributed by atoms with Crippen molar-refractivity contribution in [3.05, 3.63) is 35.4 Å². The molecule has 0 aliphatic rings. The van der Waals surface area contributed by atoms with Crippen LogP contribution in [0, 0.1) is 0 Å². The molecule has 0 spiro atoms. The second-order valence-electron chi connectivity index (χ2n) is 5.50. The molecule has 0 fully saturated rings. The molecule has 2 rings (SSSR count). The number of anilines is 2. The predicted octanol–water partition coefficient (Wildman–Crippen LogP) is 3.74. The number of ether oxygens (including phenoxy) is 4. The van der Waals surface area contributed by atoms with Gasteiger partial charge in [-0.25, -0.2) is 13.2 Å². The first-order chi connectivity index (χ1) is 13.7. The Hall–Kier alpha value is -2.85. The van der Waals surface area contributed by atoms with E-state index >= 15 is 0 Å². The minimum Gasteiger partial charge on any atom is -0.495 e. The summed E-state index contributed by atoms with van der Waals surface area (Å²) in [6.07, 6.45) is -0.739. The Morgan fingerprint density at radius 1 is 0.966 bits per heavy atom. The van der Waals surface area contributed by atoms with Gasteiger partial charge < -0.3 is 18.9 Å². The van der Waals surface area contributed by atoms with Gasteiger partial charge in [0.15, 0.2) is 0 Å². The third-order valence-corrected chi connectivity index (χ3v) is 5.37. The van der Waals surface area contributed by atoms with E-state index in [0.29, 0.717) is 0 Å². The summed E-state index contributed by atoms with van der Waals surface area (Å²) >= 11 is 6.05. The smallest absolute Gasteiger partial charge is 0.411 e. The van der Waals surface area contributed by atoms with Crippen LogP contribution in [0.4, 0.5) is 16.2 Å². The molecule has 1 amide bonds. The van der Waals surface area contributed by atoms with E-state index in [2.05, 4.69) is 10.0 Å². The number of nitrogens with one attached hydrogen (secondary N) is 2. The zero-order valence-electron chi connectivity index (χ0n) is 16.2. The van der Waals surface area contributed by atoms with Crippen LogP contribution in [-0.4, -0.2) is 42.4 Å².